The van der Waals surface area contributed by atoms with Crippen LogP contribution >= 0.6 is 0 Å². The van der Waals surface area contributed by atoms with Gasteiger partial charge in [0, 0.05) is 12.1 Å². The van der Waals surface area contributed by atoms with Gasteiger partial charge in [-0.3, -0.25) is 0 Å². The number of imidazole rings is 1. The number of ether oxygens (including phenoxy) is 1. The van der Waals surface area contributed by atoms with Crippen molar-refractivity contribution in [2.75, 3.05) is 26.2 Å². The van der Waals surface area contributed by atoms with E-state index < -0.39 is 5.97 Å². The molecule has 1 saturated heterocycles. The van der Waals surface area contributed by atoms with Gasteiger partial charge in [-0.15, -0.1) is 0 Å². The van der Waals surface area contributed by atoms with Gasteiger partial charge < -0.3 is 19.7 Å². The first kappa shape index (κ1) is 22.2. The zero-order chi connectivity index (χ0) is 23.5. The number of benzene rings is 3. The van der Waals surface area contributed by atoms with Crippen LogP contribution in [-0.4, -0.2) is 52.2 Å². The average molecular weight is 456 g/mol. The monoisotopic (exact) mass is 455 g/mol. The molecule has 2 N–H and O–H groups in total. The third kappa shape index (κ3) is 4.82. The molecule has 0 aliphatic carbocycles. The van der Waals surface area contributed by atoms with Crippen LogP contribution in [-0.2, 0) is 0 Å². The molecule has 0 amide bonds. The molecule has 174 valence electrons. The Kier molecular flexibility index (Phi) is 6.32. The minimum absolute atomic E-state index is 0.215. The fourth-order valence-corrected chi connectivity index (χ4v) is 4.61. The molecule has 0 radical (unpaired) electrons. The Hall–Kier alpha value is -3.64. The van der Waals surface area contributed by atoms with Gasteiger partial charge in [0.25, 0.3) is 0 Å². The lowest BCUT2D eigenvalue weighted by molar-refractivity contribution is 0.0698. The maximum atomic E-state index is 11.6. The third-order valence-electron chi connectivity index (χ3n) is 6.39. The molecule has 3 aromatic carbocycles. The van der Waals surface area contributed by atoms with E-state index in [0.717, 1.165) is 53.1 Å². The Morgan fingerprint density at radius 2 is 1.65 bits per heavy atom. The lowest BCUT2D eigenvalue weighted by atomic mass is 10.0. The SMILES string of the molecule is Cc1cc(C(=O)O)c2nc(-c3ccc(-c4ccc(OCCCN5CCCC5)cc4)cc3)[nH]c2c1. The first-order valence-corrected chi connectivity index (χ1v) is 11.9. The number of H-pyrrole nitrogens is 1. The number of nitrogens with one attached hydrogen (secondary N) is 1. The highest BCUT2D eigenvalue weighted by atomic mass is 16.5. The van der Waals surface area contributed by atoms with Gasteiger partial charge in [-0.2, -0.15) is 0 Å². The second-order valence-corrected chi connectivity index (χ2v) is 8.95. The maximum absolute atomic E-state index is 11.6. The van der Waals surface area contributed by atoms with Gasteiger partial charge in [0.05, 0.1) is 17.7 Å². The molecule has 6 nitrogen and oxygen atoms in total. The van der Waals surface area contributed by atoms with E-state index in [1.165, 1.54) is 25.9 Å². The molecule has 1 fully saturated rings. The van der Waals surface area contributed by atoms with Crippen LogP contribution in [0, 0.1) is 6.92 Å². The van der Waals surface area contributed by atoms with E-state index in [4.69, 9.17) is 4.74 Å². The van der Waals surface area contributed by atoms with E-state index in [2.05, 4.69) is 39.1 Å². The van der Waals surface area contributed by atoms with Gasteiger partial charge in [-0.1, -0.05) is 36.4 Å². The topological polar surface area (TPSA) is 78.5 Å². The second kappa shape index (κ2) is 9.69. The van der Waals surface area contributed by atoms with Crippen molar-refractivity contribution in [1.82, 2.24) is 14.9 Å². The summed E-state index contributed by atoms with van der Waals surface area (Å²) in [4.78, 5) is 21.9. The van der Waals surface area contributed by atoms with E-state index in [1.807, 2.05) is 37.3 Å². The van der Waals surface area contributed by atoms with Crippen molar-refractivity contribution in [3.05, 3.63) is 71.8 Å². The molecule has 1 aromatic heterocycles. The number of carbonyl (C=O) groups is 1. The number of aromatic nitrogens is 2. The minimum atomic E-state index is -0.971. The van der Waals surface area contributed by atoms with E-state index >= 15 is 0 Å². The first-order chi connectivity index (χ1) is 16.6. The predicted molar refractivity (Wildman–Crippen MR) is 134 cm³/mol. The fourth-order valence-electron chi connectivity index (χ4n) is 4.61. The van der Waals surface area contributed by atoms with Crippen molar-refractivity contribution in [3.63, 3.8) is 0 Å². The number of likely N-dealkylation sites (tertiary alicyclic amines) is 1. The van der Waals surface area contributed by atoms with Crippen LogP contribution in [0.15, 0.2) is 60.7 Å². The normalized spacial score (nSPS) is 14.0. The zero-order valence-corrected chi connectivity index (χ0v) is 19.4. The summed E-state index contributed by atoms with van der Waals surface area (Å²) in [5.74, 6) is 0.585. The number of hydrogen-bond donors (Lipinski definition) is 2. The molecule has 0 saturated carbocycles. The van der Waals surface area contributed by atoms with E-state index in [9.17, 15) is 9.90 Å². The Bertz CT molecular complexity index is 1290. The highest BCUT2D eigenvalue weighted by molar-refractivity contribution is 6.02. The number of aryl methyl sites for hydroxylation is 1. The molecule has 0 unspecified atom stereocenters. The summed E-state index contributed by atoms with van der Waals surface area (Å²) in [6.45, 7) is 6.20. The number of aromatic amines is 1. The summed E-state index contributed by atoms with van der Waals surface area (Å²) < 4.78 is 5.92. The Labute approximate surface area is 199 Å². The van der Waals surface area contributed by atoms with Crippen LogP contribution in [0.2, 0.25) is 0 Å². The van der Waals surface area contributed by atoms with Crippen LogP contribution in [0.25, 0.3) is 33.5 Å². The molecule has 2 heterocycles. The summed E-state index contributed by atoms with van der Waals surface area (Å²) >= 11 is 0. The largest absolute Gasteiger partial charge is 0.494 e. The fraction of sp³-hybridized carbons (Fsp3) is 0.286. The van der Waals surface area contributed by atoms with Crippen molar-refractivity contribution >= 4 is 17.0 Å². The third-order valence-corrected chi connectivity index (χ3v) is 6.39. The van der Waals surface area contributed by atoms with Gasteiger partial charge in [0.2, 0.25) is 0 Å². The number of fused-ring (bicyclic) bond motifs is 1. The van der Waals surface area contributed by atoms with Gasteiger partial charge in [0.15, 0.2) is 0 Å². The van der Waals surface area contributed by atoms with Crippen molar-refractivity contribution in [1.29, 1.82) is 0 Å². The van der Waals surface area contributed by atoms with Crippen LogP contribution in [0.4, 0.5) is 0 Å². The minimum Gasteiger partial charge on any atom is -0.494 e. The Morgan fingerprint density at radius 3 is 2.32 bits per heavy atom. The number of hydrogen-bond acceptors (Lipinski definition) is 4. The van der Waals surface area contributed by atoms with Crippen molar-refractivity contribution in [2.45, 2.75) is 26.2 Å². The highest BCUT2D eigenvalue weighted by Gasteiger charge is 2.15. The molecule has 1 aliphatic heterocycles. The Balaban J connectivity index is 1.25. The summed E-state index contributed by atoms with van der Waals surface area (Å²) in [7, 11) is 0. The number of rotatable bonds is 8. The molecular weight excluding hydrogens is 426 g/mol. The molecule has 5 rings (SSSR count). The van der Waals surface area contributed by atoms with E-state index in [0.29, 0.717) is 11.3 Å². The molecule has 0 atom stereocenters. The van der Waals surface area contributed by atoms with Crippen LogP contribution in [0.5, 0.6) is 5.75 Å². The van der Waals surface area contributed by atoms with Gasteiger partial charge >= 0.3 is 5.97 Å². The van der Waals surface area contributed by atoms with Gasteiger partial charge in [-0.05, 0) is 80.2 Å². The standard InChI is InChI=1S/C28H29N3O3/c1-19-17-24(28(32)33)26-25(18-19)29-27(30-26)22-7-5-20(6-8-22)21-9-11-23(12-10-21)34-16-4-15-31-13-2-3-14-31/h5-12,17-18H,2-4,13-16H2,1H3,(H,29,30)(H,32,33). The number of nitrogens with zero attached hydrogens (tertiary/aromatic N) is 2. The molecule has 34 heavy (non-hydrogen) atoms. The lowest BCUT2D eigenvalue weighted by Crippen LogP contribution is -2.21. The van der Waals surface area contributed by atoms with Crippen molar-refractivity contribution in [3.8, 4) is 28.3 Å². The molecular formula is C28H29N3O3. The Morgan fingerprint density at radius 1 is 1.00 bits per heavy atom. The van der Waals surface area contributed by atoms with Gasteiger partial charge in [-0.25, -0.2) is 9.78 Å². The summed E-state index contributed by atoms with van der Waals surface area (Å²) in [6.07, 6.45) is 3.71. The molecule has 0 spiro atoms. The van der Waals surface area contributed by atoms with Crippen LogP contribution in [0.3, 0.4) is 0 Å². The quantitative estimate of drug-likeness (QED) is 0.330. The summed E-state index contributed by atoms with van der Waals surface area (Å²) in [6, 6.07) is 19.9. The molecule has 6 heteroatoms. The lowest BCUT2D eigenvalue weighted by Gasteiger charge is -2.14. The van der Waals surface area contributed by atoms with Crippen LogP contribution < -0.4 is 4.74 Å². The second-order valence-electron chi connectivity index (χ2n) is 8.95. The zero-order valence-electron chi connectivity index (χ0n) is 19.4. The summed E-state index contributed by atoms with van der Waals surface area (Å²) in [5.41, 5.74) is 5.43. The van der Waals surface area contributed by atoms with Crippen molar-refractivity contribution in [2.24, 2.45) is 0 Å². The molecule has 4 aromatic rings. The maximum Gasteiger partial charge on any atom is 0.337 e. The predicted octanol–water partition coefficient (Wildman–Crippen LogP) is 5.77. The first-order valence-electron chi connectivity index (χ1n) is 11.9. The number of carboxylic acids is 1. The molecule has 1 aliphatic rings. The average Bonchev–Trinajstić information content (AvgIpc) is 3.52. The number of aromatic carboxylic acids is 1. The van der Waals surface area contributed by atoms with Gasteiger partial charge in [0.1, 0.15) is 17.1 Å². The van der Waals surface area contributed by atoms with Crippen molar-refractivity contribution < 1.29 is 14.6 Å². The number of carboxylic acid groups (broad SMARTS) is 1. The smallest absolute Gasteiger partial charge is 0.337 e. The van der Waals surface area contributed by atoms with E-state index in [1.54, 1.807) is 6.07 Å². The van der Waals surface area contributed by atoms with Crippen LogP contribution in [0.1, 0.15) is 35.2 Å². The van der Waals surface area contributed by atoms with E-state index in [-0.39, 0.29) is 5.56 Å². The summed E-state index contributed by atoms with van der Waals surface area (Å²) in [5, 5.41) is 9.51. The highest BCUT2D eigenvalue weighted by Crippen LogP contribution is 2.28. The molecule has 0 bridgehead atoms.